The Morgan fingerprint density at radius 3 is 2.68 bits per heavy atom. The summed E-state index contributed by atoms with van der Waals surface area (Å²) in [4.78, 5) is 32.4. The number of imidazole rings is 1. The highest BCUT2D eigenvalue weighted by molar-refractivity contribution is 6.02. The molecule has 0 spiro atoms. The van der Waals surface area contributed by atoms with Gasteiger partial charge in [0.05, 0.1) is 12.1 Å². The topological polar surface area (TPSA) is 106 Å². The van der Waals surface area contributed by atoms with Gasteiger partial charge in [-0.3, -0.25) is 14.5 Å². The van der Waals surface area contributed by atoms with Crippen LogP contribution in [0.4, 0.5) is 5.82 Å². The zero-order chi connectivity index (χ0) is 21.9. The van der Waals surface area contributed by atoms with Crippen molar-refractivity contribution in [1.82, 2.24) is 25.1 Å². The molecule has 1 aliphatic heterocycles. The third-order valence-electron chi connectivity index (χ3n) is 6.52. The number of likely N-dealkylation sites (N-methyl/N-ethyl adjacent to an activating group) is 1. The molecule has 1 fully saturated rings. The minimum atomic E-state index is -0.670. The molecule has 9 nitrogen and oxygen atoms in total. The summed E-state index contributed by atoms with van der Waals surface area (Å²) in [5, 5.41) is 10.7. The van der Waals surface area contributed by atoms with Gasteiger partial charge < -0.3 is 14.3 Å². The molecular weight excluding hydrogens is 396 g/mol. The van der Waals surface area contributed by atoms with Gasteiger partial charge in [-0.1, -0.05) is 37.3 Å². The molecule has 0 saturated heterocycles. The van der Waals surface area contributed by atoms with Gasteiger partial charge in [-0.2, -0.15) is 0 Å². The normalized spacial score (nSPS) is 24.4. The van der Waals surface area contributed by atoms with Crippen LogP contribution < -0.4 is 10.2 Å². The van der Waals surface area contributed by atoms with Gasteiger partial charge in [-0.25, -0.2) is 4.98 Å². The van der Waals surface area contributed by atoms with E-state index < -0.39 is 11.9 Å². The highest BCUT2D eigenvalue weighted by Crippen LogP contribution is 2.59. The summed E-state index contributed by atoms with van der Waals surface area (Å²) in [6.45, 7) is 4.02. The Labute approximate surface area is 179 Å². The molecule has 160 valence electrons. The molecular formula is C22H24N6O3. The van der Waals surface area contributed by atoms with Gasteiger partial charge in [0.1, 0.15) is 17.7 Å². The number of hydrogen-bond acceptors (Lipinski definition) is 6. The summed E-state index contributed by atoms with van der Waals surface area (Å²) < 4.78 is 7.49. The van der Waals surface area contributed by atoms with Crippen molar-refractivity contribution in [2.45, 2.75) is 32.2 Å². The molecule has 0 bridgehead atoms. The molecule has 31 heavy (non-hydrogen) atoms. The third-order valence-corrected chi connectivity index (χ3v) is 6.52. The van der Waals surface area contributed by atoms with Crippen LogP contribution in [0.25, 0.3) is 0 Å². The highest BCUT2D eigenvalue weighted by Gasteiger charge is 2.59. The van der Waals surface area contributed by atoms with Crippen LogP contribution in [-0.2, 0) is 18.3 Å². The third kappa shape index (κ3) is 3.11. The lowest BCUT2D eigenvalue weighted by Gasteiger charge is -2.23. The van der Waals surface area contributed by atoms with Crippen molar-refractivity contribution in [3.05, 3.63) is 59.2 Å². The van der Waals surface area contributed by atoms with E-state index in [0.717, 1.165) is 22.9 Å². The van der Waals surface area contributed by atoms with Crippen LogP contribution in [-0.4, -0.2) is 44.7 Å². The summed E-state index contributed by atoms with van der Waals surface area (Å²) in [5.41, 5.74) is 1.93. The van der Waals surface area contributed by atoms with E-state index in [2.05, 4.69) is 22.4 Å². The molecule has 3 aromatic rings. The van der Waals surface area contributed by atoms with E-state index in [1.807, 2.05) is 48.9 Å². The molecule has 2 aromatic heterocycles. The van der Waals surface area contributed by atoms with Crippen molar-refractivity contribution in [1.29, 1.82) is 0 Å². The van der Waals surface area contributed by atoms with E-state index in [-0.39, 0.29) is 29.6 Å². The van der Waals surface area contributed by atoms with Gasteiger partial charge in [0.2, 0.25) is 5.89 Å². The number of fused-ring (bicyclic) bond motifs is 3. The fourth-order valence-electron chi connectivity index (χ4n) is 4.71. The summed E-state index contributed by atoms with van der Waals surface area (Å²) in [6, 6.07) is 9.01. The lowest BCUT2D eigenvalue weighted by molar-refractivity contribution is -0.120. The molecule has 3 heterocycles. The number of aromatic nitrogens is 4. The Morgan fingerprint density at radius 2 is 1.94 bits per heavy atom. The van der Waals surface area contributed by atoms with Crippen LogP contribution in [0.1, 0.15) is 46.5 Å². The van der Waals surface area contributed by atoms with Gasteiger partial charge >= 0.3 is 11.8 Å². The first-order chi connectivity index (χ1) is 14.9. The molecule has 9 heteroatoms. The van der Waals surface area contributed by atoms with Gasteiger partial charge in [-0.05, 0) is 18.4 Å². The molecule has 0 radical (unpaired) electrons. The molecule has 2 aliphatic rings. The maximum atomic E-state index is 13.3. The van der Waals surface area contributed by atoms with Crippen LogP contribution in [0.3, 0.4) is 0 Å². The first-order valence-electron chi connectivity index (χ1n) is 10.3. The standard InChI is InChI=1S/C22H24N6O3/c1-11-15-16(11)18(22(30)28(4)21-17(15)23-12(2)27(21)3)24-19(29)20-26-25-14(31-20)10-13-8-6-5-7-9-13/h5-9,11,15-16,18H,10H2,1-4H3,(H,24,29)/t11-,15?,16?,18-/m0/s1. The Bertz CT molecular complexity index is 1170. The maximum absolute atomic E-state index is 13.3. The average Bonchev–Trinajstić information content (AvgIpc) is 3.07. The predicted molar refractivity (Wildman–Crippen MR) is 112 cm³/mol. The summed E-state index contributed by atoms with van der Waals surface area (Å²) in [7, 11) is 3.63. The second-order valence-corrected chi connectivity index (χ2v) is 8.40. The molecule has 2 amide bonds. The van der Waals surface area contributed by atoms with Crippen molar-refractivity contribution in [2.75, 3.05) is 11.9 Å². The number of aryl methyl sites for hydroxylation is 1. The van der Waals surface area contributed by atoms with Crippen molar-refractivity contribution >= 4 is 17.6 Å². The lowest BCUT2D eigenvalue weighted by Crippen LogP contribution is -2.49. The van der Waals surface area contributed by atoms with Crippen molar-refractivity contribution in [3.8, 4) is 0 Å². The fourth-order valence-corrected chi connectivity index (χ4v) is 4.71. The van der Waals surface area contributed by atoms with Crippen molar-refractivity contribution in [2.24, 2.45) is 18.9 Å². The zero-order valence-electron chi connectivity index (χ0n) is 17.9. The molecule has 1 aliphatic carbocycles. The molecule has 2 unspecified atom stereocenters. The SMILES string of the molecule is Cc1nc2c(n1C)N(C)C(=O)[C@@H](NC(=O)c1nnc(Cc3ccccc3)o1)C1C2[C@@H]1C. The Morgan fingerprint density at radius 1 is 1.19 bits per heavy atom. The molecule has 1 saturated carbocycles. The second-order valence-electron chi connectivity index (χ2n) is 8.40. The minimum Gasteiger partial charge on any atom is -0.417 e. The second kappa shape index (κ2) is 7.04. The van der Waals surface area contributed by atoms with Crippen molar-refractivity contribution < 1.29 is 14.0 Å². The van der Waals surface area contributed by atoms with Crippen LogP contribution in [0.5, 0.6) is 0 Å². The van der Waals surface area contributed by atoms with E-state index in [0.29, 0.717) is 12.3 Å². The van der Waals surface area contributed by atoms with Gasteiger partial charge in [0.25, 0.3) is 5.91 Å². The molecule has 1 aromatic carbocycles. The number of nitrogens with one attached hydrogen (secondary N) is 1. The first kappa shape index (κ1) is 19.5. The predicted octanol–water partition coefficient (Wildman–Crippen LogP) is 1.83. The molecule has 4 atom stereocenters. The summed E-state index contributed by atoms with van der Waals surface area (Å²) in [5.74, 6) is 1.53. The van der Waals surface area contributed by atoms with Crippen LogP contribution in [0, 0.1) is 18.8 Å². The number of rotatable bonds is 4. The Kier molecular flexibility index (Phi) is 4.42. The van der Waals surface area contributed by atoms with E-state index in [1.54, 1.807) is 11.9 Å². The molecule has 1 N–H and O–H groups in total. The van der Waals surface area contributed by atoms with Crippen LogP contribution >= 0.6 is 0 Å². The average molecular weight is 420 g/mol. The molecule has 5 rings (SSSR count). The number of amides is 2. The maximum Gasteiger partial charge on any atom is 0.309 e. The van der Waals surface area contributed by atoms with Gasteiger partial charge in [0, 0.05) is 25.9 Å². The number of carbonyl (C=O) groups is 2. The van der Waals surface area contributed by atoms with E-state index in [9.17, 15) is 9.59 Å². The van der Waals surface area contributed by atoms with Crippen molar-refractivity contribution in [3.63, 3.8) is 0 Å². The first-order valence-corrected chi connectivity index (χ1v) is 10.3. The number of anilines is 1. The van der Waals surface area contributed by atoms with Crippen LogP contribution in [0.15, 0.2) is 34.7 Å². The van der Waals surface area contributed by atoms with E-state index in [4.69, 9.17) is 9.40 Å². The van der Waals surface area contributed by atoms with Gasteiger partial charge in [-0.15, -0.1) is 10.2 Å². The highest BCUT2D eigenvalue weighted by atomic mass is 16.4. The Balaban J connectivity index is 1.36. The summed E-state index contributed by atoms with van der Waals surface area (Å²) in [6.07, 6.45) is 0.439. The summed E-state index contributed by atoms with van der Waals surface area (Å²) >= 11 is 0. The number of carbonyl (C=O) groups excluding carboxylic acids is 2. The van der Waals surface area contributed by atoms with Crippen LogP contribution in [0.2, 0.25) is 0 Å². The lowest BCUT2D eigenvalue weighted by atomic mass is 10.1. The smallest absolute Gasteiger partial charge is 0.309 e. The monoisotopic (exact) mass is 420 g/mol. The Hall–Kier alpha value is -3.49. The van der Waals surface area contributed by atoms with E-state index in [1.165, 1.54) is 0 Å². The fraction of sp³-hybridized carbons (Fsp3) is 0.409. The number of benzene rings is 1. The largest absolute Gasteiger partial charge is 0.417 e. The van der Waals surface area contributed by atoms with E-state index >= 15 is 0 Å². The number of hydrogen-bond donors (Lipinski definition) is 1. The zero-order valence-corrected chi connectivity index (χ0v) is 17.9. The quantitative estimate of drug-likeness (QED) is 0.690. The minimum absolute atomic E-state index is 0.0128. The number of nitrogens with zero attached hydrogens (tertiary/aromatic N) is 5. The van der Waals surface area contributed by atoms with Gasteiger partial charge in [0.15, 0.2) is 0 Å².